The van der Waals surface area contributed by atoms with Gasteiger partial charge in [-0.05, 0) is 19.9 Å². The van der Waals surface area contributed by atoms with E-state index in [1.165, 1.54) is 12.1 Å². The monoisotopic (exact) mass is 424 g/mol. The molecule has 0 aliphatic rings. The quantitative estimate of drug-likeness (QED) is 0.148. The predicted octanol–water partition coefficient (Wildman–Crippen LogP) is 2.55. The number of benzene rings is 1. The standard InChI is InChI=1S/C13H20N4O4.HI/c1-3-20-12(21-4-2)9-15-13(14)16-10-6-5-7-11(8-10)17(18)19;/h5-8,12H,3-4,9H2,1-2H3,(H3,14,15,16);1H. The van der Waals surface area contributed by atoms with Crippen LogP contribution in [-0.2, 0) is 9.47 Å². The first kappa shape index (κ1) is 20.5. The van der Waals surface area contributed by atoms with Gasteiger partial charge in [0.1, 0.15) is 0 Å². The number of nitrogens with one attached hydrogen (secondary N) is 3. The van der Waals surface area contributed by atoms with E-state index in [9.17, 15) is 10.1 Å². The third kappa shape index (κ3) is 7.52. The van der Waals surface area contributed by atoms with E-state index in [1.807, 2.05) is 13.8 Å². The minimum Gasteiger partial charge on any atom is -0.351 e. The van der Waals surface area contributed by atoms with Crippen molar-refractivity contribution in [1.82, 2.24) is 5.32 Å². The molecule has 0 saturated heterocycles. The van der Waals surface area contributed by atoms with Gasteiger partial charge < -0.3 is 20.1 Å². The van der Waals surface area contributed by atoms with Crippen molar-refractivity contribution in [2.75, 3.05) is 25.1 Å². The lowest BCUT2D eigenvalue weighted by Gasteiger charge is -2.18. The number of non-ortho nitro benzene ring substituents is 1. The Morgan fingerprint density at radius 3 is 2.55 bits per heavy atom. The van der Waals surface area contributed by atoms with Crippen LogP contribution in [0, 0.1) is 15.5 Å². The van der Waals surface area contributed by atoms with Gasteiger partial charge >= 0.3 is 0 Å². The molecule has 124 valence electrons. The van der Waals surface area contributed by atoms with Crippen molar-refractivity contribution in [3.63, 3.8) is 0 Å². The van der Waals surface area contributed by atoms with Crippen molar-refractivity contribution in [2.24, 2.45) is 0 Å². The third-order valence-electron chi connectivity index (χ3n) is 2.48. The number of guanidine groups is 1. The second-order valence-corrected chi connectivity index (χ2v) is 4.03. The van der Waals surface area contributed by atoms with E-state index in [1.54, 1.807) is 12.1 Å². The highest BCUT2D eigenvalue weighted by molar-refractivity contribution is 14.0. The highest BCUT2D eigenvalue weighted by Gasteiger charge is 2.10. The number of halogens is 1. The van der Waals surface area contributed by atoms with Gasteiger partial charge in [-0.25, -0.2) is 0 Å². The van der Waals surface area contributed by atoms with Crippen LogP contribution in [0.5, 0.6) is 0 Å². The molecule has 9 heteroatoms. The van der Waals surface area contributed by atoms with Gasteiger partial charge in [0.15, 0.2) is 12.2 Å². The number of nitro benzene ring substituents is 1. The van der Waals surface area contributed by atoms with Crippen LogP contribution in [0.25, 0.3) is 0 Å². The fourth-order valence-corrected chi connectivity index (χ4v) is 1.61. The van der Waals surface area contributed by atoms with E-state index in [4.69, 9.17) is 14.9 Å². The average Bonchev–Trinajstić information content (AvgIpc) is 2.45. The minimum atomic E-state index is -0.484. The molecule has 0 aromatic heterocycles. The summed E-state index contributed by atoms with van der Waals surface area (Å²) in [5.74, 6) is 0.0138. The first-order valence-corrected chi connectivity index (χ1v) is 6.63. The number of hydrogen-bond acceptors (Lipinski definition) is 5. The molecule has 0 spiro atoms. The lowest BCUT2D eigenvalue weighted by Crippen LogP contribution is -2.38. The first-order chi connectivity index (χ1) is 10.1. The van der Waals surface area contributed by atoms with E-state index in [2.05, 4.69) is 10.6 Å². The van der Waals surface area contributed by atoms with E-state index < -0.39 is 11.2 Å². The maximum atomic E-state index is 10.7. The highest BCUT2D eigenvalue weighted by Crippen LogP contribution is 2.16. The molecule has 8 nitrogen and oxygen atoms in total. The molecular weight excluding hydrogens is 403 g/mol. The van der Waals surface area contributed by atoms with E-state index >= 15 is 0 Å². The Kier molecular flexibility index (Phi) is 10.4. The van der Waals surface area contributed by atoms with Crippen LogP contribution in [0.4, 0.5) is 11.4 Å². The topological polar surface area (TPSA) is 110 Å². The van der Waals surface area contributed by atoms with Gasteiger partial charge in [0.25, 0.3) is 5.69 Å². The van der Waals surface area contributed by atoms with Crippen LogP contribution in [0.1, 0.15) is 13.8 Å². The lowest BCUT2D eigenvalue weighted by molar-refractivity contribution is -0.384. The largest absolute Gasteiger partial charge is 0.351 e. The van der Waals surface area contributed by atoms with Crippen LogP contribution >= 0.6 is 24.0 Å². The summed E-state index contributed by atoms with van der Waals surface area (Å²) in [6, 6.07) is 5.95. The Morgan fingerprint density at radius 2 is 2.00 bits per heavy atom. The molecule has 22 heavy (non-hydrogen) atoms. The van der Waals surface area contributed by atoms with Gasteiger partial charge in [0.05, 0.1) is 11.5 Å². The van der Waals surface area contributed by atoms with Gasteiger partial charge in [-0.2, -0.15) is 0 Å². The van der Waals surface area contributed by atoms with Crippen LogP contribution in [0.15, 0.2) is 24.3 Å². The first-order valence-electron chi connectivity index (χ1n) is 6.63. The zero-order chi connectivity index (χ0) is 15.7. The molecule has 0 fully saturated rings. The zero-order valence-electron chi connectivity index (χ0n) is 12.5. The summed E-state index contributed by atoms with van der Waals surface area (Å²) in [7, 11) is 0. The maximum Gasteiger partial charge on any atom is 0.271 e. The van der Waals surface area contributed by atoms with Crippen LogP contribution < -0.4 is 10.6 Å². The van der Waals surface area contributed by atoms with Gasteiger partial charge in [-0.3, -0.25) is 15.5 Å². The molecule has 0 atom stereocenters. The third-order valence-corrected chi connectivity index (χ3v) is 2.48. The van der Waals surface area contributed by atoms with Crippen molar-refractivity contribution in [1.29, 1.82) is 5.41 Å². The van der Waals surface area contributed by atoms with Gasteiger partial charge in [0.2, 0.25) is 0 Å². The number of nitrogens with zero attached hydrogens (tertiary/aromatic N) is 1. The second-order valence-electron chi connectivity index (χ2n) is 4.03. The summed E-state index contributed by atoms with van der Waals surface area (Å²) in [4.78, 5) is 10.2. The molecule has 1 aromatic rings. The van der Waals surface area contributed by atoms with Gasteiger partial charge in [-0.1, -0.05) is 6.07 Å². The second kappa shape index (κ2) is 11.2. The van der Waals surface area contributed by atoms with E-state index in [0.29, 0.717) is 25.4 Å². The molecule has 0 radical (unpaired) electrons. The summed E-state index contributed by atoms with van der Waals surface area (Å²) in [5, 5.41) is 24.0. The molecule has 0 amide bonds. The molecule has 0 aliphatic heterocycles. The smallest absolute Gasteiger partial charge is 0.271 e. The Balaban J connectivity index is 0.00000441. The Labute approximate surface area is 146 Å². The average molecular weight is 424 g/mol. The van der Waals surface area contributed by atoms with Crippen molar-refractivity contribution in [2.45, 2.75) is 20.1 Å². The van der Waals surface area contributed by atoms with Crippen molar-refractivity contribution >= 4 is 41.3 Å². The molecule has 3 N–H and O–H groups in total. The van der Waals surface area contributed by atoms with Gasteiger partial charge in [0, 0.05) is 31.0 Å². The predicted molar refractivity (Wildman–Crippen MR) is 94.9 cm³/mol. The van der Waals surface area contributed by atoms with Crippen LogP contribution in [0.3, 0.4) is 0 Å². The molecule has 0 heterocycles. The molecular formula is C13H21IN4O4. The van der Waals surface area contributed by atoms with Gasteiger partial charge in [-0.15, -0.1) is 24.0 Å². The fourth-order valence-electron chi connectivity index (χ4n) is 1.61. The molecule has 0 bridgehead atoms. The maximum absolute atomic E-state index is 10.7. The minimum absolute atomic E-state index is 0. The van der Waals surface area contributed by atoms with Crippen molar-refractivity contribution in [3.05, 3.63) is 34.4 Å². The Morgan fingerprint density at radius 1 is 1.36 bits per heavy atom. The zero-order valence-corrected chi connectivity index (χ0v) is 14.8. The van der Waals surface area contributed by atoms with Crippen molar-refractivity contribution < 1.29 is 14.4 Å². The molecule has 0 unspecified atom stereocenters. The van der Waals surface area contributed by atoms with Crippen LogP contribution in [0.2, 0.25) is 0 Å². The molecule has 1 rings (SSSR count). The van der Waals surface area contributed by atoms with Crippen molar-refractivity contribution in [3.8, 4) is 0 Å². The number of anilines is 1. The Bertz CT molecular complexity index is 481. The number of hydrogen-bond donors (Lipinski definition) is 3. The summed E-state index contributed by atoms with van der Waals surface area (Å²) < 4.78 is 10.7. The molecule has 0 aliphatic carbocycles. The lowest BCUT2D eigenvalue weighted by atomic mass is 10.3. The summed E-state index contributed by atoms with van der Waals surface area (Å²) in [6.45, 7) is 5.05. The summed E-state index contributed by atoms with van der Waals surface area (Å²) >= 11 is 0. The summed E-state index contributed by atoms with van der Waals surface area (Å²) in [6.07, 6.45) is -0.438. The Hall–Kier alpha value is -1.46. The SMILES string of the molecule is CCOC(CNC(=N)Nc1cccc([N+](=O)[O-])c1)OCC.I. The van der Waals surface area contributed by atoms with Crippen LogP contribution in [-0.4, -0.2) is 36.9 Å². The normalized spacial score (nSPS) is 9.95. The molecule has 1 aromatic carbocycles. The number of ether oxygens (including phenoxy) is 2. The number of rotatable bonds is 8. The fraction of sp³-hybridized carbons (Fsp3) is 0.462. The summed E-state index contributed by atoms with van der Waals surface area (Å²) in [5.41, 5.74) is 0.431. The highest BCUT2D eigenvalue weighted by atomic mass is 127. The van der Waals surface area contributed by atoms with E-state index in [0.717, 1.165) is 0 Å². The number of nitro groups is 1. The molecule has 0 saturated carbocycles. The van der Waals surface area contributed by atoms with E-state index in [-0.39, 0.29) is 35.6 Å².